The van der Waals surface area contributed by atoms with Crippen LogP contribution in [0.1, 0.15) is 38.8 Å². The van der Waals surface area contributed by atoms with Crippen LogP contribution in [0.5, 0.6) is 0 Å². The highest BCUT2D eigenvalue weighted by molar-refractivity contribution is 8.00. The van der Waals surface area contributed by atoms with Gasteiger partial charge in [-0.25, -0.2) is 4.98 Å². The number of fused-ring (bicyclic) bond motifs is 3. The summed E-state index contributed by atoms with van der Waals surface area (Å²) < 4.78 is 3.61. The van der Waals surface area contributed by atoms with Crippen LogP contribution in [0.25, 0.3) is 17.1 Å². The van der Waals surface area contributed by atoms with Gasteiger partial charge in [0, 0.05) is 26.3 Å². The van der Waals surface area contributed by atoms with Crippen molar-refractivity contribution in [3.05, 3.63) is 46.4 Å². The Hall–Kier alpha value is -2.61. The van der Waals surface area contributed by atoms with Crippen molar-refractivity contribution in [1.29, 1.82) is 0 Å². The van der Waals surface area contributed by atoms with Gasteiger partial charge in [0.2, 0.25) is 5.91 Å². The molecule has 0 spiro atoms. The summed E-state index contributed by atoms with van der Waals surface area (Å²) in [6.07, 6.45) is 3.99. The lowest BCUT2D eigenvalue weighted by molar-refractivity contribution is -0.128. The topological polar surface area (TPSA) is 73.0 Å². The molecule has 3 heterocycles. The molecule has 3 aliphatic heterocycles. The first-order valence-corrected chi connectivity index (χ1v) is 11.7. The summed E-state index contributed by atoms with van der Waals surface area (Å²) in [5.74, 6) is 0.685. The molecule has 8 heteroatoms. The summed E-state index contributed by atoms with van der Waals surface area (Å²) in [6, 6.07) is 9.45. The number of amides is 1. The average Bonchev–Trinajstić information content (AvgIpc) is 2.91. The van der Waals surface area contributed by atoms with Gasteiger partial charge in [0.25, 0.3) is 5.56 Å². The van der Waals surface area contributed by atoms with Crippen molar-refractivity contribution in [1.82, 2.24) is 24.2 Å². The van der Waals surface area contributed by atoms with Crippen molar-refractivity contribution in [2.75, 3.05) is 14.1 Å². The fourth-order valence-corrected chi connectivity index (χ4v) is 5.31. The summed E-state index contributed by atoms with van der Waals surface area (Å²) in [4.78, 5) is 32.6. The third-order valence-corrected chi connectivity index (χ3v) is 7.21. The van der Waals surface area contributed by atoms with E-state index in [9.17, 15) is 9.59 Å². The van der Waals surface area contributed by atoms with Crippen molar-refractivity contribution < 1.29 is 4.79 Å². The van der Waals surface area contributed by atoms with Crippen LogP contribution >= 0.6 is 11.8 Å². The molecule has 1 unspecified atom stereocenters. The molecular weight excluding hydrogens is 410 g/mol. The molecule has 3 aliphatic rings. The van der Waals surface area contributed by atoms with Crippen LogP contribution < -0.4 is 5.56 Å². The maximum Gasteiger partial charge on any atom is 0.284 e. The number of nitrogens with zero attached hydrogens (tertiary/aromatic N) is 5. The molecule has 1 atom stereocenters. The van der Waals surface area contributed by atoms with Crippen LogP contribution in [0, 0.1) is 5.92 Å². The van der Waals surface area contributed by atoms with E-state index in [1.165, 1.54) is 16.4 Å². The first-order valence-electron chi connectivity index (χ1n) is 10.8. The molecule has 1 aromatic rings. The van der Waals surface area contributed by atoms with Gasteiger partial charge in [-0.15, -0.1) is 5.10 Å². The van der Waals surface area contributed by atoms with Crippen LogP contribution in [0.15, 0.2) is 40.3 Å². The number of hydrogen-bond donors (Lipinski definition) is 0. The first-order chi connectivity index (χ1) is 14.9. The highest BCUT2D eigenvalue weighted by atomic mass is 32.2. The number of carbonyl (C=O) groups excluding carboxylic acids is 1. The minimum Gasteiger partial charge on any atom is -0.348 e. The summed E-state index contributed by atoms with van der Waals surface area (Å²) in [7, 11) is 3.57. The lowest BCUT2D eigenvalue weighted by Gasteiger charge is -2.25. The SMILES string of the molecule is CC(C)C(Sc1nc2nn(-c3ccccc3)c(=O)c-2c2n1CCCCC2)C(=O)N(C)C. The first kappa shape index (κ1) is 21.6. The Balaban J connectivity index is 1.88. The zero-order valence-electron chi connectivity index (χ0n) is 18.5. The van der Waals surface area contributed by atoms with Crippen LogP contribution in [-0.2, 0) is 17.8 Å². The molecule has 0 N–H and O–H groups in total. The lowest BCUT2D eigenvalue weighted by Crippen LogP contribution is -2.35. The standard InChI is InChI=1S/C23H29N5O2S/c1-15(2)19(22(30)26(3)4)31-23-24-20-18(17-13-9-6-10-14-27(17)23)21(29)28(25-20)16-11-7-5-8-12-16/h5,7-8,11-12,15,19H,6,9-10,13-14H2,1-4H3. The quantitative estimate of drug-likeness (QED) is 0.450. The molecule has 7 nitrogen and oxygen atoms in total. The zero-order chi connectivity index (χ0) is 22.1. The van der Waals surface area contributed by atoms with E-state index >= 15 is 0 Å². The second-order valence-electron chi connectivity index (χ2n) is 8.57. The Morgan fingerprint density at radius 2 is 1.87 bits per heavy atom. The van der Waals surface area contributed by atoms with Gasteiger partial charge in [-0.05, 0) is 37.3 Å². The zero-order valence-corrected chi connectivity index (χ0v) is 19.4. The lowest BCUT2D eigenvalue weighted by atomic mass is 10.1. The summed E-state index contributed by atoms with van der Waals surface area (Å²) in [6.45, 7) is 4.92. The van der Waals surface area contributed by atoms with Gasteiger partial charge >= 0.3 is 0 Å². The molecular formula is C23H29N5O2S. The molecule has 0 bridgehead atoms. The minimum atomic E-state index is -0.247. The number of hydrogen-bond acceptors (Lipinski definition) is 5. The van der Waals surface area contributed by atoms with E-state index in [1.807, 2.05) is 30.3 Å². The Morgan fingerprint density at radius 3 is 2.55 bits per heavy atom. The van der Waals surface area contributed by atoms with Crippen LogP contribution in [0.3, 0.4) is 0 Å². The van der Waals surface area contributed by atoms with Crippen LogP contribution in [0.4, 0.5) is 0 Å². The van der Waals surface area contributed by atoms with Crippen molar-refractivity contribution in [2.45, 2.75) is 56.5 Å². The van der Waals surface area contributed by atoms with E-state index < -0.39 is 0 Å². The number of carbonyl (C=O) groups is 1. The van der Waals surface area contributed by atoms with Crippen LogP contribution in [0.2, 0.25) is 0 Å². The van der Waals surface area contributed by atoms with Gasteiger partial charge < -0.3 is 9.47 Å². The largest absolute Gasteiger partial charge is 0.348 e. The minimum absolute atomic E-state index is 0.0733. The van der Waals surface area contributed by atoms with Crippen LogP contribution in [-0.4, -0.2) is 49.5 Å². The van der Waals surface area contributed by atoms with E-state index in [4.69, 9.17) is 4.98 Å². The monoisotopic (exact) mass is 439 g/mol. The number of benzene rings is 1. The third kappa shape index (κ3) is 4.13. The molecule has 31 heavy (non-hydrogen) atoms. The van der Waals surface area contributed by atoms with E-state index in [1.54, 1.807) is 19.0 Å². The van der Waals surface area contributed by atoms with Gasteiger partial charge in [0.05, 0.1) is 10.9 Å². The fraction of sp³-hybridized carbons (Fsp3) is 0.478. The Labute approximate surface area is 186 Å². The Morgan fingerprint density at radius 1 is 1.13 bits per heavy atom. The molecule has 164 valence electrons. The second kappa shape index (κ2) is 8.86. The van der Waals surface area contributed by atoms with Gasteiger partial charge in [0.1, 0.15) is 5.56 Å². The molecule has 1 aromatic carbocycles. The number of para-hydroxylation sites is 1. The second-order valence-corrected chi connectivity index (χ2v) is 9.68. The highest BCUT2D eigenvalue weighted by Gasteiger charge is 2.31. The van der Waals surface area contributed by atoms with Gasteiger partial charge in [-0.3, -0.25) is 9.59 Å². The maximum atomic E-state index is 13.3. The van der Waals surface area contributed by atoms with Crippen molar-refractivity contribution >= 4 is 17.7 Å². The average molecular weight is 440 g/mol. The molecule has 0 saturated carbocycles. The smallest absolute Gasteiger partial charge is 0.284 e. The Bertz CT molecular complexity index is 1100. The van der Waals surface area contributed by atoms with E-state index in [0.29, 0.717) is 11.4 Å². The van der Waals surface area contributed by atoms with E-state index in [-0.39, 0.29) is 22.6 Å². The van der Waals surface area contributed by atoms with Gasteiger partial charge in [-0.2, -0.15) is 4.68 Å². The number of rotatable bonds is 5. The summed E-state index contributed by atoms with van der Waals surface area (Å²) in [5.41, 5.74) is 2.21. The molecule has 0 aromatic heterocycles. The van der Waals surface area contributed by atoms with Crippen molar-refractivity contribution in [2.24, 2.45) is 5.92 Å². The maximum absolute atomic E-state index is 13.3. The molecule has 0 fully saturated rings. The van der Waals surface area contributed by atoms with Gasteiger partial charge in [-0.1, -0.05) is 50.2 Å². The number of thioether (sulfide) groups is 1. The highest BCUT2D eigenvalue weighted by Crippen LogP contribution is 2.34. The van der Waals surface area contributed by atoms with Crippen molar-refractivity contribution in [3.63, 3.8) is 0 Å². The summed E-state index contributed by atoms with van der Waals surface area (Å²) >= 11 is 1.49. The molecule has 0 aliphatic carbocycles. The van der Waals surface area contributed by atoms with E-state index in [2.05, 4.69) is 23.5 Å². The summed E-state index contributed by atoms with van der Waals surface area (Å²) in [5, 5.41) is 5.11. The Kier molecular flexibility index (Phi) is 6.18. The molecule has 0 radical (unpaired) electrons. The third-order valence-electron chi connectivity index (χ3n) is 5.69. The van der Waals surface area contributed by atoms with E-state index in [0.717, 1.165) is 48.8 Å². The molecule has 4 rings (SSSR count). The predicted molar refractivity (Wildman–Crippen MR) is 123 cm³/mol. The predicted octanol–water partition coefficient (Wildman–Crippen LogP) is 3.47. The molecule has 1 amide bonds. The molecule has 0 saturated heterocycles. The normalized spacial score (nSPS) is 15.0. The fourth-order valence-electron chi connectivity index (χ4n) is 4.03. The van der Waals surface area contributed by atoms with Gasteiger partial charge in [0.15, 0.2) is 11.0 Å². The van der Waals surface area contributed by atoms with Crippen molar-refractivity contribution in [3.8, 4) is 17.1 Å². The number of aromatic nitrogens is 4.